The molecule has 0 fully saturated rings. The molecule has 0 saturated heterocycles. The maximum atomic E-state index is 11.8. The number of rotatable bonds is 7. The monoisotopic (exact) mass is 274 g/mol. The number of carbonyl (C=O) groups excluding carboxylic acids is 1. The molecule has 7 heteroatoms. The first-order chi connectivity index (χ1) is 9.79. The van der Waals surface area contributed by atoms with Gasteiger partial charge in [0.15, 0.2) is 0 Å². The van der Waals surface area contributed by atoms with Crippen LogP contribution in [0.1, 0.15) is 23.8 Å². The summed E-state index contributed by atoms with van der Waals surface area (Å²) in [4.78, 5) is 24.0. The molecule has 0 radical (unpaired) electrons. The zero-order chi connectivity index (χ0) is 14.2. The number of hydrogen-bond donors (Lipinski definition) is 2. The highest BCUT2D eigenvalue weighted by molar-refractivity contribution is 5.91. The molecule has 2 heterocycles. The van der Waals surface area contributed by atoms with Crippen molar-refractivity contribution in [1.82, 2.24) is 24.8 Å². The average molecular weight is 274 g/mol. The maximum Gasteiger partial charge on any atom is 0.271 e. The Morgan fingerprint density at radius 1 is 1.35 bits per heavy atom. The lowest BCUT2D eigenvalue weighted by Crippen LogP contribution is -2.26. The molecular formula is C13H18N6O. The van der Waals surface area contributed by atoms with Crippen molar-refractivity contribution < 1.29 is 4.79 Å². The van der Waals surface area contributed by atoms with E-state index in [4.69, 9.17) is 0 Å². The smallest absolute Gasteiger partial charge is 0.271 e. The van der Waals surface area contributed by atoms with Crippen molar-refractivity contribution in [2.75, 3.05) is 18.4 Å². The molecule has 0 atom stereocenters. The van der Waals surface area contributed by atoms with Crippen LogP contribution in [0.25, 0.3) is 0 Å². The van der Waals surface area contributed by atoms with Crippen molar-refractivity contribution in [3.8, 4) is 0 Å². The summed E-state index contributed by atoms with van der Waals surface area (Å²) in [6.45, 7) is 4.16. The van der Waals surface area contributed by atoms with Crippen LogP contribution in [-0.4, -0.2) is 38.5 Å². The van der Waals surface area contributed by atoms with E-state index in [2.05, 4.69) is 25.6 Å². The van der Waals surface area contributed by atoms with Crippen molar-refractivity contribution in [3.05, 3.63) is 36.8 Å². The third kappa shape index (κ3) is 4.04. The highest BCUT2D eigenvalue weighted by Gasteiger charge is 2.06. The molecule has 0 aliphatic rings. The number of nitrogens with zero attached hydrogens (tertiary/aromatic N) is 4. The minimum Gasteiger partial charge on any atom is -0.369 e. The van der Waals surface area contributed by atoms with Crippen LogP contribution in [0.5, 0.6) is 0 Å². The van der Waals surface area contributed by atoms with Gasteiger partial charge >= 0.3 is 0 Å². The molecule has 106 valence electrons. The Bertz CT molecular complexity index is 522. The molecule has 0 aliphatic heterocycles. The van der Waals surface area contributed by atoms with Gasteiger partial charge in [-0.15, -0.1) is 0 Å². The van der Waals surface area contributed by atoms with Gasteiger partial charge in [-0.25, -0.2) is 15.0 Å². The summed E-state index contributed by atoms with van der Waals surface area (Å²) in [6, 6.07) is 0. The predicted octanol–water partition coefficient (Wildman–Crippen LogP) is 0.925. The summed E-state index contributed by atoms with van der Waals surface area (Å²) in [5.74, 6) is 0.468. The topological polar surface area (TPSA) is 84.7 Å². The molecule has 1 amide bonds. The van der Waals surface area contributed by atoms with Crippen molar-refractivity contribution in [2.24, 2.45) is 0 Å². The number of aryl methyl sites for hydroxylation is 1. The van der Waals surface area contributed by atoms with Crippen LogP contribution in [0.4, 0.5) is 5.82 Å². The SMILES string of the molecule is CCNc1cnc(C(=O)NCCCn2ccnc2)cn1. The van der Waals surface area contributed by atoms with Gasteiger partial charge in [-0.1, -0.05) is 0 Å². The van der Waals surface area contributed by atoms with E-state index in [1.165, 1.54) is 6.20 Å². The Morgan fingerprint density at radius 2 is 2.25 bits per heavy atom. The van der Waals surface area contributed by atoms with Crippen LogP contribution in [-0.2, 0) is 6.54 Å². The van der Waals surface area contributed by atoms with Gasteiger partial charge in [-0.2, -0.15) is 0 Å². The average Bonchev–Trinajstić information content (AvgIpc) is 2.98. The minimum atomic E-state index is -0.203. The fourth-order valence-electron chi connectivity index (χ4n) is 1.69. The zero-order valence-corrected chi connectivity index (χ0v) is 11.4. The van der Waals surface area contributed by atoms with Gasteiger partial charge in [0.25, 0.3) is 5.91 Å². The van der Waals surface area contributed by atoms with Crippen molar-refractivity contribution >= 4 is 11.7 Å². The maximum absolute atomic E-state index is 11.8. The molecule has 7 nitrogen and oxygen atoms in total. The Labute approximate surface area is 117 Å². The largest absolute Gasteiger partial charge is 0.369 e. The van der Waals surface area contributed by atoms with Gasteiger partial charge in [0, 0.05) is 32.0 Å². The van der Waals surface area contributed by atoms with E-state index in [1.54, 1.807) is 18.7 Å². The molecular weight excluding hydrogens is 256 g/mol. The molecule has 0 saturated carbocycles. The number of amides is 1. The Hall–Kier alpha value is -2.44. The van der Waals surface area contributed by atoms with Crippen LogP contribution in [0.3, 0.4) is 0 Å². The molecule has 0 spiro atoms. The molecule has 2 aromatic heterocycles. The van der Waals surface area contributed by atoms with E-state index in [0.717, 1.165) is 19.5 Å². The fraction of sp³-hybridized carbons (Fsp3) is 0.385. The normalized spacial score (nSPS) is 10.2. The Kier molecular flexibility index (Phi) is 5.05. The number of imidazole rings is 1. The number of nitrogens with one attached hydrogen (secondary N) is 2. The van der Waals surface area contributed by atoms with Crippen LogP contribution in [0.2, 0.25) is 0 Å². The summed E-state index contributed by atoms with van der Waals surface area (Å²) in [6.07, 6.45) is 9.26. The first kappa shape index (κ1) is 14.0. The number of carbonyl (C=O) groups is 1. The van der Waals surface area contributed by atoms with Crippen molar-refractivity contribution in [2.45, 2.75) is 19.9 Å². The third-order valence-corrected chi connectivity index (χ3v) is 2.68. The van der Waals surface area contributed by atoms with Gasteiger partial charge in [-0.05, 0) is 13.3 Å². The van der Waals surface area contributed by atoms with E-state index >= 15 is 0 Å². The molecule has 2 rings (SSSR count). The Morgan fingerprint density at radius 3 is 2.90 bits per heavy atom. The molecule has 0 aliphatic carbocycles. The van der Waals surface area contributed by atoms with E-state index < -0.39 is 0 Å². The summed E-state index contributed by atoms with van der Waals surface area (Å²) in [5.41, 5.74) is 0.328. The molecule has 0 aromatic carbocycles. The summed E-state index contributed by atoms with van der Waals surface area (Å²) < 4.78 is 1.97. The molecule has 0 bridgehead atoms. The van der Waals surface area contributed by atoms with Gasteiger partial charge in [0.1, 0.15) is 11.5 Å². The highest BCUT2D eigenvalue weighted by atomic mass is 16.1. The van der Waals surface area contributed by atoms with Crippen LogP contribution >= 0.6 is 0 Å². The lowest BCUT2D eigenvalue weighted by Gasteiger charge is -2.06. The molecule has 0 unspecified atom stereocenters. The minimum absolute atomic E-state index is 0.203. The second kappa shape index (κ2) is 7.22. The van der Waals surface area contributed by atoms with Crippen LogP contribution in [0, 0.1) is 0 Å². The quantitative estimate of drug-likeness (QED) is 0.734. The summed E-state index contributed by atoms with van der Waals surface area (Å²) >= 11 is 0. The zero-order valence-electron chi connectivity index (χ0n) is 11.4. The second-order valence-electron chi connectivity index (χ2n) is 4.23. The molecule has 2 aromatic rings. The first-order valence-corrected chi connectivity index (χ1v) is 6.59. The second-order valence-corrected chi connectivity index (χ2v) is 4.23. The third-order valence-electron chi connectivity index (χ3n) is 2.68. The number of aromatic nitrogens is 4. The summed E-state index contributed by atoms with van der Waals surface area (Å²) in [7, 11) is 0. The molecule has 20 heavy (non-hydrogen) atoms. The Balaban J connectivity index is 1.73. The van der Waals surface area contributed by atoms with Gasteiger partial charge in [-0.3, -0.25) is 4.79 Å². The number of anilines is 1. The van der Waals surface area contributed by atoms with Crippen molar-refractivity contribution in [3.63, 3.8) is 0 Å². The number of hydrogen-bond acceptors (Lipinski definition) is 5. The van der Waals surface area contributed by atoms with E-state index in [0.29, 0.717) is 18.1 Å². The molecule has 2 N–H and O–H groups in total. The summed E-state index contributed by atoms with van der Waals surface area (Å²) in [5, 5.41) is 5.84. The first-order valence-electron chi connectivity index (χ1n) is 6.59. The highest BCUT2D eigenvalue weighted by Crippen LogP contribution is 2.00. The predicted molar refractivity (Wildman–Crippen MR) is 75.4 cm³/mol. The van der Waals surface area contributed by atoms with Gasteiger partial charge < -0.3 is 15.2 Å². The van der Waals surface area contributed by atoms with E-state index in [9.17, 15) is 4.79 Å². The van der Waals surface area contributed by atoms with E-state index in [1.807, 2.05) is 17.7 Å². The lowest BCUT2D eigenvalue weighted by atomic mass is 10.3. The van der Waals surface area contributed by atoms with Gasteiger partial charge in [0.05, 0.1) is 18.7 Å². The van der Waals surface area contributed by atoms with Crippen LogP contribution in [0.15, 0.2) is 31.1 Å². The van der Waals surface area contributed by atoms with Gasteiger partial charge in [0.2, 0.25) is 0 Å². The van der Waals surface area contributed by atoms with Crippen LogP contribution < -0.4 is 10.6 Å². The van der Waals surface area contributed by atoms with E-state index in [-0.39, 0.29) is 5.91 Å². The standard InChI is InChI=1S/C13H18N6O/c1-2-15-12-9-17-11(8-18-12)13(20)16-4-3-6-19-7-5-14-10-19/h5,7-10H,2-4,6H2,1H3,(H,15,18)(H,16,20). The lowest BCUT2D eigenvalue weighted by molar-refractivity contribution is 0.0947. The van der Waals surface area contributed by atoms with Crippen molar-refractivity contribution in [1.29, 1.82) is 0 Å². The fourth-order valence-corrected chi connectivity index (χ4v) is 1.69.